The van der Waals surface area contributed by atoms with E-state index in [9.17, 15) is 10.1 Å². The Balaban J connectivity index is 2.64. The first-order valence-corrected chi connectivity index (χ1v) is 2.67. The zero-order valence-corrected chi connectivity index (χ0v) is 5.02. The van der Waals surface area contributed by atoms with Gasteiger partial charge in [-0.05, 0) is 17.4 Å². The average Bonchev–Trinajstić information content (AvgIpc) is 2.14. The van der Waals surface area contributed by atoms with Gasteiger partial charge in [-0.25, -0.2) is 4.79 Å². The number of carbonyl (C=O) groups is 1. The van der Waals surface area contributed by atoms with E-state index in [1.165, 1.54) is 12.2 Å². The van der Waals surface area contributed by atoms with E-state index in [2.05, 4.69) is 9.62 Å². The van der Waals surface area contributed by atoms with Crippen LogP contribution in [0.4, 0.5) is 0 Å². The van der Waals surface area contributed by atoms with Crippen LogP contribution < -0.4 is 0 Å². The molecule has 0 aromatic carbocycles. The number of hydrogen-bond donors (Lipinski definition) is 0. The lowest BCUT2D eigenvalue weighted by Crippen LogP contribution is -2.00. The molecule has 0 aliphatic carbocycles. The van der Waals surface area contributed by atoms with Crippen LogP contribution >= 0.6 is 0 Å². The molecular weight excluding hydrogens is 136 g/mol. The molecule has 0 N–H and O–H groups in total. The van der Waals surface area contributed by atoms with Crippen molar-refractivity contribution in [2.24, 2.45) is 0 Å². The monoisotopic (exact) mass is 141 g/mol. The molecular formula is C6H5O4. The maximum absolute atomic E-state index is 10.4. The van der Waals surface area contributed by atoms with Crippen LogP contribution in [-0.2, 0) is 19.7 Å². The third-order valence-corrected chi connectivity index (χ3v) is 0.986. The summed E-state index contributed by atoms with van der Waals surface area (Å²) in [7, 11) is 0. The van der Waals surface area contributed by atoms with Crippen molar-refractivity contribution in [3.63, 3.8) is 0 Å². The maximum Gasteiger partial charge on any atom is 0.335 e. The highest BCUT2D eigenvalue weighted by Crippen LogP contribution is 2.00. The van der Waals surface area contributed by atoms with Crippen LogP contribution in [0.5, 0.6) is 0 Å². The van der Waals surface area contributed by atoms with Crippen LogP contribution in [0.3, 0.4) is 0 Å². The summed E-state index contributed by atoms with van der Waals surface area (Å²) in [6.45, 7) is 0. The van der Waals surface area contributed by atoms with Crippen molar-refractivity contribution in [1.29, 1.82) is 0 Å². The Kier molecular flexibility index (Phi) is 2.20. The Labute approximate surface area is 57.3 Å². The highest BCUT2D eigenvalue weighted by atomic mass is 17.1. The predicted octanol–water partition coefficient (Wildman–Crippen LogP) is 0.344. The van der Waals surface area contributed by atoms with Gasteiger partial charge in [0.05, 0.1) is 6.26 Å². The Hall–Kier alpha value is -1.13. The van der Waals surface area contributed by atoms with Gasteiger partial charge in [-0.1, -0.05) is 0 Å². The minimum atomic E-state index is -0.702. The summed E-state index contributed by atoms with van der Waals surface area (Å²) in [4.78, 5) is 14.1. The fourth-order valence-corrected chi connectivity index (χ4v) is 0.525. The molecule has 10 heavy (non-hydrogen) atoms. The van der Waals surface area contributed by atoms with Crippen molar-refractivity contribution in [2.75, 3.05) is 0 Å². The van der Waals surface area contributed by atoms with Crippen molar-refractivity contribution in [3.05, 3.63) is 24.5 Å². The van der Waals surface area contributed by atoms with Gasteiger partial charge < -0.3 is 4.74 Å². The van der Waals surface area contributed by atoms with Gasteiger partial charge in [0.1, 0.15) is 6.10 Å². The van der Waals surface area contributed by atoms with Gasteiger partial charge in [0.25, 0.3) is 0 Å². The van der Waals surface area contributed by atoms with E-state index in [4.69, 9.17) is 0 Å². The molecule has 53 valence electrons. The highest BCUT2D eigenvalue weighted by Gasteiger charge is 2.05. The quantitative estimate of drug-likeness (QED) is 0.300. The minimum absolute atomic E-state index is 0.504. The molecule has 4 heteroatoms. The molecule has 1 heterocycles. The molecule has 0 amide bonds. The van der Waals surface area contributed by atoms with Crippen LogP contribution in [0.1, 0.15) is 0 Å². The number of cyclic esters (lactones) is 1. The average molecular weight is 141 g/mol. The molecule has 1 rings (SSSR count). The molecule has 0 saturated heterocycles. The number of esters is 1. The summed E-state index contributed by atoms with van der Waals surface area (Å²) < 4.78 is 4.41. The summed E-state index contributed by atoms with van der Waals surface area (Å²) in [5.74, 6) is -0.504. The fraction of sp³-hybridized carbons (Fsp3) is 0.167. The summed E-state index contributed by atoms with van der Waals surface area (Å²) in [5, 5.41) is 9.78. The Morgan fingerprint density at radius 2 is 2.30 bits per heavy atom. The first-order valence-electron chi connectivity index (χ1n) is 2.67. The van der Waals surface area contributed by atoms with Crippen molar-refractivity contribution in [3.8, 4) is 0 Å². The maximum atomic E-state index is 10.4. The van der Waals surface area contributed by atoms with E-state index >= 15 is 0 Å². The highest BCUT2D eigenvalue weighted by molar-refractivity contribution is 5.82. The smallest absolute Gasteiger partial charge is 0.335 e. The molecule has 0 fully saturated rings. The minimum Gasteiger partial charge on any atom is -0.432 e. The number of ether oxygens (including phenoxy) is 1. The third-order valence-electron chi connectivity index (χ3n) is 0.986. The van der Waals surface area contributed by atoms with E-state index < -0.39 is 12.1 Å². The fourth-order valence-electron chi connectivity index (χ4n) is 0.525. The first kappa shape index (κ1) is 6.98. The molecule has 0 spiro atoms. The van der Waals surface area contributed by atoms with Gasteiger partial charge in [-0.15, -0.1) is 0 Å². The van der Waals surface area contributed by atoms with Gasteiger partial charge in [-0.2, -0.15) is 4.89 Å². The van der Waals surface area contributed by atoms with Crippen LogP contribution in [0.15, 0.2) is 24.5 Å². The molecule has 4 nitrogen and oxygen atoms in total. The molecule has 1 unspecified atom stereocenters. The lowest BCUT2D eigenvalue weighted by molar-refractivity contribution is -0.314. The molecule has 0 aromatic heterocycles. The van der Waals surface area contributed by atoms with Crippen LogP contribution in [0.25, 0.3) is 0 Å². The van der Waals surface area contributed by atoms with Gasteiger partial charge >= 0.3 is 5.97 Å². The van der Waals surface area contributed by atoms with Gasteiger partial charge in [0.2, 0.25) is 0 Å². The standard InChI is InChI=1S/C6H5O4/c7-6-2-1-5(10-8)3-4-9-6/h1-5H. The van der Waals surface area contributed by atoms with Crippen molar-refractivity contribution >= 4 is 5.97 Å². The van der Waals surface area contributed by atoms with Crippen LogP contribution in [0.2, 0.25) is 0 Å². The molecule has 0 bridgehead atoms. The third kappa shape index (κ3) is 1.68. The van der Waals surface area contributed by atoms with E-state index in [1.54, 1.807) is 0 Å². The van der Waals surface area contributed by atoms with Crippen LogP contribution in [0, 0.1) is 0 Å². The number of carbonyl (C=O) groups excluding carboxylic acids is 1. The Morgan fingerprint density at radius 3 is 3.00 bits per heavy atom. The van der Waals surface area contributed by atoms with Crippen LogP contribution in [-0.4, -0.2) is 12.1 Å². The second-order valence-electron chi connectivity index (χ2n) is 1.69. The van der Waals surface area contributed by atoms with Crippen molar-refractivity contribution < 1.29 is 19.7 Å². The molecule has 1 aliphatic rings. The van der Waals surface area contributed by atoms with E-state index in [0.717, 1.165) is 12.3 Å². The Bertz CT molecular complexity index is 182. The molecule has 0 aromatic rings. The second kappa shape index (κ2) is 3.14. The summed E-state index contributed by atoms with van der Waals surface area (Å²) in [5.41, 5.74) is 0. The van der Waals surface area contributed by atoms with E-state index in [1.807, 2.05) is 0 Å². The van der Waals surface area contributed by atoms with Gasteiger partial charge in [-0.3, -0.25) is 0 Å². The normalized spacial score (nSPS) is 24.1. The predicted molar refractivity (Wildman–Crippen MR) is 29.9 cm³/mol. The summed E-state index contributed by atoms with van der Waals surface area (Å²) in [6.07, 6.45) is 4.23. The lowest BCUT2D eigenvalue weighted by Gasteiger charge is -1.94. The van der Waals surface area contributed by atoms with E-state index in [-0.39, 0.29) is 0 Å². The molecule has 0 saturated carbocycles. The largest absolute Gasteiger partial charge is 0.432 e. The molecule has 1 aliphatic heterocycles. The number of hydrogen-bond acceptors (Lipinski definition) is 3. The molecule has 1 radical (unpaired) electrons. The zero-order valence-electron chi connectivity index (χ0n) is 5.02. The summed E-state index contributed by atoms with van der Waals surface area (Å²) in [6, 6.07) is 0. The first-order chi connectivity index (χ1) is 4.83. The van der Waals surface area contributed by atoms with E-state index in [0.29, 0.717) is 0 Å². The topological polar surface area (TPSA) is 55.4 Å². The zero-order chi connectivity index (χ0) is 7.40. The SMILES string of the molecule is [O]OC1C=COC(=O)C=C1. The summed E-state index contributed by atoms with van der Waals surface area (Å²) >= 11 is 0. The number of rotatable bonds is 1. The Morgan fingerprint density at radius 1 is 1.50 bits per heavy atom. The molecule has 1 atom stereocenters. The van der Waals surface area contributed by atoms with Gasteiger partial charge in [0.15, 0.2) is 0 Å². The van der Waals surface area contributed by atoms with Gasteiger partial charge in [0, 0.05) is 6.08 Å². The lowest BCUT2D eigenvalue weighted by atomic mass is 10.3. The second-order valence-corrected chi connectivity index (χ2v) is 1.69. The van der Waals surface area contributed by atoms with Crippen molar-refractivity contribution in [1.82, 2.24) is 0 Å². The van der Waals surface area contributed by atoms with Crippen molar-refractivity contribution in [2.45, 2.75) is 6.10 Å².